The summed E-state index contributed by atoms with van der Waals surface area (Å²) >= 11 is 0. The van der Waals surface area contributed by atoms with Crippen LogP contribution in [-0.4, -0.2) is 11.8 Å². The van der Waals surface area contributed by atoms with Gasteiger partial charge in [0.15, 0.2) is 0 Å². The number of benzene rings is 2. The van der Waals surface area contributed by atoms with Crippen molar-refractivity contribution in [1.29, 1.82) is 0 Å². The number of carbonyl (C=O) groups is 2. The summed E-state index contributed by atoms with van der Waals surface area (Å²) in [6, 6.07) is 15.8. The molecule has 0 spiro atoms. The SMILES string of the molecule is Cc1ccc(CNC(=O)C(C)(C)C(=O)NCc2ccccc2C)cc1. The Morgan fingerprint density at radius 3 is 2.00 bits per heavy atom. The highest BCUT2D eigenvalue weighted by Gasteiger charge is 2.35. The van der Waals surface area contributed by atoms with Gasteiger partial charge in [0.2, 0.25) is 11.8 Å². The summed E-state index contributed by atoms with van der Waals surface area (Å²) in [7, 11) is 0. The van der Waals surface area contributed by atoms with Crippen molar-refractivity contribution >= 4 is 11.8 Å². The quantitative estimate of drug-likeness (QED) is 0.794. The van der Waals surface area contributed by atoms with E-state index in [1.807, 2.05) is 62.4 Å². The summed E-state index contributed by atoms with van der Waals surface area (Å²) in [5, 5.41) is 5.72. The first-order valence-corrected chi connectivity index (χ1v) is 8.47. The molecule has 132 valence electrons. The molecule has 0 aromatic heterocycles. The van der Waals surface area contributed by atoms with E-state index in [0.717, 1.165) is 16.7 Å². The molecule has 0 atom stereocenters. The van der Waals surface area contributed by atoms with Crippen molar-refractivity contribution in [3.05, 3.63) is 70.8 Å². The minimum atomic E-state index is -1.13. The lowest BCUT2D eigenvalue weighted by molar-refractivity contribution is -0.141. The molecule has 0 bridgehead atoms. The van der Waals surface area contributed by atoms with Crippen LogP contribution < -0.4 is 10.6 Å². The first-order chi connectivity index (χ1) is 11.8. The van der Waals surface area contributed by atoms with Gasteiger partial charge < -0.3 is 10.6 Å². The topological polar surface area (TPSA) is 58.2 Å². The van der Waals surface area contributed by atoms with Crippen molar-refractivity contribution in [1.82, 2.24) is 10.6 Å². The van der Waals surface area contributed by atoms with Gasteiger partial charge in [0, 0.05) is 13.1 Å². The second-order valence-electron chi connectivity index (χ2n) is 6.90. The fourth-order valence-corrected chi connectivity index (χ4v) is 2.42. The lowest BCUT2D eigenvalue weighted by Crippen LogP contribution is -2.47. The van der Waals surface area contributed by atoms with E-state index in [1.54, 1.807) is 13.8 Å². The number of nitrogens with one attached hydrogen (secondary N) is 2. The molecule has 0 saturated carbocycles. The lowest BCUT2D eigenvalue weighted by atomic mass is 9.90. The molecule has 2 aromatic rings. The number of aryl methyl sites for hydroxylation is 2. The molecule has 0 heterocycles. The molecular weight excluding hydrogens is 312 g/mol. The maximum atomic E-state index is 12.5. The molecule has 0 aliphatic carbocycles. The molecule has 2 aromatic carbocycles. The van der Waals surface area contributed by atoms with Crippen molar-refractivity contribution in [3.8, 4) is 0 Å². The normalized spacial score (nSPS) is 11.0. The highest BCUT2D eigenvalue weighted by molar-refractivity contribution is 6.04. The van der Waals surface area contributed by atoms with E-state index < -0.39 is 5.41 Å². The van der Waals surface area contributed by atoms with Crippen molar-refractivity contribution < 1.29 is 9.59 Å². The van der Waals surface area contributed by atoms with Gasteiger partial charge in [-0.2, -0.15) is 0 Å². The van der Waals surface area contributed by atoms with Gasteiger partial charge >= 0.3 is 0 Å². The number of amides is 2. The molecule has 0 fully saturated rings. The first-order valence-electron chi connectivity index (χ1n) is 8.47. The van der Waals surface area contributed by atoms with Crippen molar-refractivity contribution in [2.24, 2.45) is 5.41 Å². The predicted octanol–water partition coefficient (Wildman–Crippen LogP) is 3.26. The highest BCUT2D eigenvalue weighted by atomic mass is 16.2. The molecule has 25 heavy (non-hydrogen) atoms. The molecule has 0 aliphatic heterocycles. The monoisotopic (exact) mass is 338 g/mol. The summed E-state index contributed by atoms with van der Waals surface area (Å²) in [4.78, 5) is 24.9. The third-order valence-corrected chi connectivity index (χ3v) is 4.41. The zero-order valence-electron chi connectivity index (χ0n) is 15.3. The van der Waals surface area contributed by atoms with Crippen LogP contribution in [0.4, 0.5) is 0 Å². The largest absolute Gasteiger partial charge is 0.351 e. The average Bonchev–Trinajstić information content (AvgIpc) is 2.59. The van der Waals surface area contributed by atoms with E-state index >= 15 is 0 Å². The zero-order valence-corrected chi connectivity index (χ0v) is 15.3. The fraction of sp³-hybridized carbons (Fsp3) is 0.333. The van der Waals surface area contributed by atoms with Crippen molar-refractivity contribution in [2.45, 2.75) is 40.8 Å². The van der Waals surface area contributed by atoms with E-state index in [0.29, 0.717) is 13.1 Å². The first kappa shape index (κ1) is 18.7. The van der Waals surface area contributed by atoms with E-state index in [1.165, 1.54) is 5.56 Å². The van der Waals surface area contributed by atoms with Crippen molar-refractivity contribution in [2.75, 3.05) is 0 Å². The molecular formula is C21H26N2O2. The average molecular weight is 338 g/mol. The summed E-state index contributed by atoms with van der Waals surface area (Å²) in [6.07, 6.45) is 0. The Balaban J connectivity index is 1.91. The lowest BCUT2D eigenvalue weighted by Gasteiger charge is -2.23. The van der Waals surface area contributed by atoms with Crippen LogP contribution in [0.1, 0.15) is 36.1 Å². The van der Waals surface area contributed by atoms with Crippen LogP contribution >= 0.6 is 0 Å². The minimum Gasteiger partial charge on any atom is -0.351 e. The molecule has 2 amide bonds. The fourth-order valence-electron chi connectivity index (χ4n) is 2.42. The Morgan fingerprint density at radius 2 is 1.40 bits per heavy atom. The zero-order chi connectivity index (χ0) is 18.4. The number of hydrogen-bond acceptors (Lipinski definition) is 2. The van der Waals surface area contributed by atoms with Crippen LogP contribution in [0.3, 0.4) is 0 Å². The maximum Gasteiger partial charge on any atom is 0.235 e. The van der Waals surface area contributed by atoms with Gasteiger partial charge in [0.1, 0.15) is 5.41 Å². The smallest absolute Gasteiger partial charge is 0.235 e. The van der Waals surface area contributed by atoms with Crippen LogP contribution in [0.5, 0.6) is 0 Å². The van der Waals surface area contributed by atoms with E-state index in [-0.39, 0.29) is 11.8 Å². The Morgan fingerprint density at radius 1 is 0.840 bits per heavy atom. The van der Waals surface area contributed by atoms with Gasteiger partial charge in [-0.25, -0.2) is 0 Å². The number of rotatable bonds is 6. The molecule has 2 rings (SSSR count). The van der Waals surface area contributed by atoms with Gasteiger partial charge in [-0.05, 0) is 44.4 Å². The van der Waals surface area contributed by atoms with Gasteiger partial charge in [-0.1, -0.05) is 54.1 Å². The molecule has 4 heteroatoms. The summed E-state index contributed by atoms with van der Waals surface area (Å²) in [6.45, 7) is 8.13. The second kappa shape index (κ2) is 7.97. The Labute approximate surface area is 149 Å². The van der Waals surface area contributed by atoms with Crippen LogP contribution in [0.25, 0.3) is 0 Å². The van der Waals surface area contributed by atoms with Crippen LogP contribution in [0.2, 0.25) is 0 Å². The van der Waals surface area contributed by atoms with Gasteiger partial charge in [0.05, 0.1) is 0 Å². The van der Waals surface area contributed by atoms with Crippen LogP contribution in [0.15, 0.2) is 48.5 Å². The summed E-state index contributed by atoms with van der Waals surface area (Å²) in [5.41, 5.74) is 3.21. The number of hydrogen-bond donors (Lipinski definition) is 2. The maximum absolute atomic E-state index is 12.5. The predicted molar refractivity (Wildman–Crippen MR) is 99.8 cm³/mol. The number of carbonyl (C=O) groups excluding carboxylic acids is 2. The minimum absolute atomic E-state index is 0.280. The molecule has 4 nitrogen and oxygen atoms in total. The van der Waals surface area contributed by atoms with Crippen LogP contribution in [-0.2, 0) is 22.7 Å². The summed E-state index contributed by atoms with van der Waals surface area (Å²) in [5.74, 6) is -0.562. The Bertz CT molecular complexity index is 749. The summed E-state index contributed by atoms with van der Waals surface area (Å²) < 4.78 is 0. The second-order valence-corrected chi connectivity index (χ2v) is 6.90. The standard InChI is InChI=1S/C21H26N2O2/c1-15-9-11-17(12-10-15)13-22-19(24)21(3,4)20(25)23-14-18-8-6-5-7-16(18)2/h5-12H,13-14H2,1-4H3,(H,22,24)(H,23,25). The highest BCUT2D eigenvalue weighted by Crippen LogP contribution is 2.17. The molecule has 0 aliphatic rings. The van der Waals surface area contributed by atoms with Crippen molar-refractivity contribution in [3.63, 3.8) is 0 Å². The molecule has 0 radical (unpaired) electrons. The van der Waals surface area contributed by atoms with Gasteiger partial charge in [-0.3, -0.25) is 9.59 Å². The third-order valence-electron chi connectivity index (χ3n) is 4.41. The van der Waals surface area contributed by atoms with E-state index in [4.69, 9.17) is 0 Å². The van der Waals surface area contributed by atoms with E-state index in [2.05, 4.69) is 10.6 Å². The van der Waals surface area contributed by atoms with Gasteiger partial charge in [-0.15, -0.1) is 0 Å². The Kier molecular flexibility index (Phi) is 5.97. The molecule has 0 saturated heterocycles. The molecule has 0 unspecified atom stereocenters. The van der Waals surface area contributed by atoms with E-state index in [9.17, 15) is 9.59 Å². The van der Waals surface area contributed by atoms with Crippen LogP contribution in [0, 0.1) is 19.3 Å². The van der Waals surface area contributed by atoms with Gasteiger partial charge in [0.25, 0.3) is 0 Å². The third kappa shape index (κ3) is 4.92. The Hall–Kier alpha value is -2.62. The molecule has 2 N–H and O–H groups in total.